The van der Waals surface area contributed by atoms with E-state index in [1.165, 1.54) is 12.0 Å². The molecule has 0 aliphatic rings. The van der Waals surface area contributed by atoms with Gasteiger partial charge in [0.1, 0.15) is 0 Å². The van der Waals surface area contributed by atoms with Crippen LogP contribution in [0.3, 0.4) is 0 Å². The van der Waals surface area contributed by atoms with Crippen molar-refractivity contribution in [2.75, 3.05) is 6.54 Å². The number of rotatable bonds is 6. The highest BCUT2D eigenvalue weighted by atomic mass is 15.2. The Balaban J connectivity index is 4.40. The summed E-state index contributed by atoms with van der Waals surface area (Å²) in [5.41, 5.74) is 1.26. The van der Waals surface area contributed by atoms with Crippen LogP contribution in [0.15, 0.2) is 12.2 Å². The van der Waals surface area contributed by atoms with Gasteiger partial charge in [-0.1, -0.05) is 32.4 Å². The molecule has 0 aromatic carbocycles. The standard InChI is InChI=1S/C13H27N/c1-8-12(6)13(7)14(11(4)5)9-10(2)3/h11-13H,2,8-9H2,1,3-7H3. The Bertz CT molecular complexity index is 172. The van der Waals surface area contributed by atoms with Gasteiger partial charge in [-0.25, -0.2) is 0 Å². The Morgan fingerprint density at radius 1 is 1.21 bits per heavy atom. The maximum atomic E-state index is 4.00. The molecule has 0 radical (unpaired) electrons. The average molecular weight is 197 g/mol. The van der Waals surface area contributed by atoms with Crippen molar-refractivity contribution in [3.8, 4) is 0 Å². The van der Waals surface area contributed by atoms with Gasteiger partial charge in [0.15, 0.2) is 0 Å². The second-order valence-electron chi connectivity index (χ2n) is 4.85. The summed E-state index contributed by atoms with van der Waals surface area (Å²) in [5, 5.41) is 0. The third-order valence-corrected chi connectivity index (χ3v) is 3.11. The van der Waals surface area contributed by atoms with Crippen LogP contribution < -0.4 is 0 Å². The van der Waals surface area contributed by atoms with Crippen LogP contribution in [-0.4, -0.2) is 23.5 Å². The molecule has 0 amide bonds. The van der Waals surface area contributed by atoms with Gasteiger partial charge in [0.25, 0.3) is 0 Å². The number of hydrogen-bond acceptors (Lipinski definition) is 1. The molecule has 84 valence electrons. The van der Waals surface area contributed by atoms with Gasteiger partial charge in [-0.05, 0) is 33.6 Å². The smallest absolute Gasteiger partial charge is 0.0193 e. The van der Waals surface area contributed by atoms with Gasteiger partial charge in [0.05, 0.1) is 0 Å². The first-order chi connectivity index (χ1) is 6.40. The fourth-order valence-corrected chi connectivity index (χ4v) is 1.78. The van der Waals surface area contributed by atoms with Crippen molar-refractivity contribution in [3.05, 3.63) is 12.2 Å². The molecule has 2 atom stereocenters. The van der Waals surface area contributed by atoms with Crippen LogP contribution in [0.4, 0.5) is 0 Å². The number of hydrogen-bond donors (Lipinski definition) is 0. The summed E-state index contributed by atoms with van der Waals surface area (Å²) in [7, 11) is 0. The van der Waals surface area contributed by atoms with Crippen molar-refractivity contribution in [2.45, 2.75) is 60.0 Å². The maximum Gasteiger partial charge on any atom is 0.0193 e. The Labute approximate surface area is 90.2 Å². The lowest BCUT2D eigenvalue weighted by Crippen LogP contribution is -2.43. The molecule has 0 fully saturated rings. The van der Waals surface area contributed by atoms with Crippen LogP contribution in [0.5, 0.6) is 0 Å². The Morgan fingerprint density at radius 2 is 1.71 bits per heavy atom. The molecule has 1 nitrogen and oxygen atoms in total. The van der Waals surface area contributed by atoms with Gasteiger partial charge in [-0.15, -0.1) is 0 Å². The summed E-state index contributed by atoms with van der Waals surface area (Å²) < 4.78 is 0. The Kier molecular flexibility index (Phi) is 6.10. The van der Waals surface area contributed by atoms with E-state index in [1.54, 1.807) is 0 Å². The summed E-state index contributed by atoms with van der Waals surface area (Å²) in [6.07, 6.45) is 1.25. The van der Waals surface area contributed by atoms with E-state index in [0.29, 0.717) is 12.1 Å². The van der Waals surface area contributed by atoms with Crippen LogP contribution >= 0.6 is 0 Å². The molecule has 0 aliphatic heterocycles. The molecule has 0 heterocycles. The van der Waals surface area contributed by atoms with Gasteiger partial charge in [-0.3, -0.25) is 4.90 Å². The van der Waals surface area contributed by atoms with E-state index in [0.717, 1.165) is 12.5 Å². The van der Waals surface area contributed by atoms with Crippen LogP contribution in [0, 0.1) is 5.92 Å². The normalized spacial score (nSPS) is 16.0. The first-order valence-corrected chi connectivity index (χ1v) is 5.80. The molecule has 0 rings (SSSR count). The maximum absolute atomic E-state index is 4.00. The lowest BCUT2D eigenvalue weighted by molar-refractivity contribution is 0.135. The lowest BCUT2D eigenvalue weighted by atomic mass is 9.97. The molecule has 0 aromatic heterocycles. The number of nitrogens with zero attached hydrogens (tertiary/aromatic N) is 1. The quantitative estimate of drug-likeness (QED) is 0.587. The van der Waals surface area contributed by atoms with E-state index in [-0.39, 0.29) is 0 Å². The highest BCUT2D eigenvalue weighted by Gasteiger charge is 2.20. The minimum atomic E-state index is 0.607. The Hall–Kier alpha value is -0.300. The molecule has 1 heteroatoms. The zero-order valence-electron chi connectivity index (χ0n) is 10.8. The summed E-state index contributed by atoms with van der Waals surface area (Å²) >= 11 is 0. The van der Waals surface area contributed by atoms with E-state index in [9.17, 15) is 0 Å². The molecule has 2 unspecified atom stereocenters. The van der Waals surface area contributed by atoms with Crippen molar-refractivity contribution in [3.63, 3.8) is 0 Å². The van der Waals surface area contributed by atoms with Crippen LogP contribution in [0.25, 0.3) is 0 Å². The van der Waals surface area contributed by atoms with Gasteiger partial charge in [0.2, 0.25) is 0 Å². The molecule has 0 saturated heterocycles. The van der Waals surface area contributed by atoms with Gasteiger partial charge >= 0.3 is 0 Å². The molecular weight excluding hydrogens is 170 g/mol. The molecule has 14 heavy (non-hydrogen) atoms. The summed E-state index contributed by atoms with van der Waals surface area (Å²) in [5.74, 6) is 0.761. The van der Waals surface area contributed by atoms with Gasteiger partial charge in [-0.2, -0.15) is 0 Å². The second kappa shape index (κ2) is 6.23. The minimum Gasteiger partial charge on any atom is -0.294 e. The summed E-state index contributed by atoms with van der Waals surface area (Å²) in [4.78, 5) is 2.54. The fraction of sp³-hybridized carbons (Fsp3) is 0.846. The van der Waals surface area contributed by atoms with Gasteiger partial charge < -0.3 is 0 Å². The van der Waals surface area contributed by atoms with E-state index in [4.69, 9.17) is 0 Å². The third kappa shape index (κ3) is 4.28. The fourth-order valence-electron chi connectivity index (χ4n) is 1.78. The van der Waals surface area contributed by atoms with Crippen molar-refractivity contribution in [2.24, 2.45) is 5.92 Å². The molecule has 0 N–H and O–H groups in total. The zero-order chi connectivity index (χ0) is 11.3. The minimum absolute atomic E-state index is 0.607. The third-order valence-electron chi connectivity index (χ3n) is 3.11. The van der Waals surface area contributed by atoms with Crippen molar-refractivity contribution in [1.82, 2.24) is 4.90 Å². The SMILES string of the molecule is C=C(C)CN(C(C)C)C(C)C(C)CC. The van der Waals surface area contributed by atoms with E-state index >= 15 is 0 Å². The van der Waals surface area contributed by atoms with Crippen molar-refractivity contribution >= 4 is 0 Å². The largest absolute Gasteiger partial charge is 0.294 e. The predicted molar refractivity (Wildman–Crippen MR) is 65.6 cm³/mol. The van der Waals surface area contributed by atoms with Gasteiger partial charge in [0, 0.05) is 18.6 Å². The first-order valence-electron chi connectivity index (χ1n) is 5.80. The van der Waals surface area contributed by atoms with E-state index < -0.39 is 0 Å². The predicted octanol–water partition coefficient (Wildman–Crippen LogP) is 3.71. The van der Waals surface area contributed by atoms with Crippen LogP contribution in [0.1, 0.15) is 48.0 Å². The van der Waals surface area contributed by atoms with E-state index in [1.807, 2.05) is 0 Å². The Morgan fingerprint density at radius 3 is 2.00 bits per heavy atom. The summed E-state index contributed by atoms with van der Waals surface area (Å²) in [6, 6.07) is 1.26. The van der Waals surface area contributed by atoms with Crippen LogP contribution in [-0.2, 0) is 0 Å². The molecule has 0 aromatic rings. The highest BCUT2D eigenvalue weighted by Crippen LogP contribution is 2.17. The molecule has 0 saturated carbocycles. The van der Waals surface area contributed by atoms with Crippen molar-refractivity contribution < 1.29 is 0 Å². The van der Waals surface area contributed by atoms with Crippen LogP contribution in [0.2, 0.25) is 0 Å². The monoisotopic (exact) mass is 197 g/mol. The second-order valence-corrected chi connectivity index (χ2v) is 4.85. The molecule has 0 bridgehead atoms. The highest BCUT2D eigenvalue weighted by molar-refractivity contribution is 4.94. The molecule has 0 spiro atoms. The average Bonchev–Trinajstić information content (AvgIpc) is 2.11. The zero-order valence-corrected chi connectivity index (χ0v) is 10.8. The van der Waals surface area contributed by atoms with E-state index in [2.05, 4.69) is 53.0 Å². The topological polar surface area (TPSA) is 3.24 Å². The summed E-state index contributed by atoms with van der Waals surface area (Å²) in [6.45, 7) is 18.6. The lowest BCUT2D eigenvalue weighted by Gasteiger charge is -2.36. The molecular formula is C13H27N. The molecule has 0 aliphatic carbocycles. The first kappa shape index (κ1) is 13.7. The van der Waals surface area contributed by atoms with Crippen molar-refractivity contribution in [1.29, 1.82) is 0 Å².